The molecule has 194 valence electrons. The molecule has 0 unspecified atom stereocenters. The molecule has 0 atom stereocenters. The summed E-state index contributed by atoms with van der Waals surface area (Å²) >= 11 is 0. The first kappa shape index (κ1) is 25.4. The average molecular weight is 512 g/mol. The molecule has 3 N–H and O–H groups in total. The van der Waals surface area contributed by atoms with Crippen molar-refractivity contribution in [2.24, 2.45) is 0 Å². The normalized spacial score (nSPS) is 13.9. The number of nitrogens with zero attached hydrogens (tertiary/aromatic N) is 1. The van der Waals surface area contributed by atoms with Crippen LogP contribution in [0.5, 0.6) is 0 Å². The summed E-state index contributed by atoms with van der Waals surface area (Å²) in [6, 6.07) is 23.2. The first-order chi connectivity index (χ1) is 18.4. The number of aliphatic hydroxyl groups is 1. The Morgan fingerprint density at radius 1 is 0.895 bits per heavy atom. The molecule has 1 aliphatic heterocycles. The Kier molecular flexibility index (Phi) is 7.65. The molecule has 0 spiro atoms. The molecule has 0 bridgehead atoms. The highest BCUT2D eigenvalue weighted by molar-refractivity contribution is 5.98. The zero-order valence-electron chi connectivity index (χ0n) is 21.0. The lowest BCUT2D eigenvalue weighted by Gasteiger charge is -2.31. The molecule has 7 heteroatoms. The van der Waals surface area contributed by atoms with Gasteiger partial charge in [0.2, 0.25) is 0 Å². The van der Waals surface area contributed by atoms with Crippen molar-refractivity contribution in [2.45, 2.75) is 31.8 Å². The second-order valence-electron chi connectivity index (χ2n) is 9.68. The van der Waals surface area contributed by atoms with E-state index in [9.17, 15) is 19.1 Å². The number of H-pyrrole nitrogens is 1. The first-order valence-corrected chi connectivity index (χ1v) is 12.8. The maximum atomic E-state index is 14.7. The second-order valence-corrected chi connectivity index (χ2v) is 9.68. The molecule has 38 heavy (non-hydrogen) atoms. The number of aliphatic hydroxyl groups excluding tert-OH is 1. The first-order valence-electron chi connectivity index (χ1n) is 12.8. The van der Waals surface area contributed by atoms with E-state index in [-0.39, 0.29) is 30.5 Å². The summed E-state index contributed by atoms with van der Waals surface area (Å²) in [5.41, 5.74) is 4.71. The lowest BCUT2D eigenvalue weighted by Crippen LogP contribution is -2.35. The van der Waals surface area contributed by atoms with Gasteiger partial charge in [0.25, 0.3) is 0 Å². The quantitative estimate of drug-likeness (QED) is 0.251. The number of hydrogen-bond donors (Lipinski definition) is 3. The fourth-order valence-electron chi connectivity index (χ4n) is 4.69. The fraction of sp³-hybridized carbons (Fsp3) is 0.226. The van der Waals surface area contributed by atoms with Crippen molar-refractivity contribution in [2.75, 3.05) is 23.3 Å². The van der Waals surface area contributed by atoms with E-state index in [1.165, 1.54) is 6.07 Å². The summed E-state index contributed by atoms with van der Waals surface area (Å²) in [4.78, 5) is 30.2. The number of nitrogens with one attached hydrogen (secondary N) is 2. The van der Waals surface area contributed by atoms with Crippen LogP contribution in [0.25, 0.3) is 0 Å². The van der Waals surface area contributed by atoms with Gasteiger partial charge in [0, 0.05) is 49.1 Å². The highest BCUT2D eigenvalue weighted by atomic mass is 19.1. The Balaban J connectivity index is 1.16. The van der Waals surface area contributed by atoms with Crippen LogP contribution in [-0.4, -0.2) is 40.9 Å². The fourth-order valence-corrected chi connectivity index (χ4v) is 4.69. The molecule has 4 aromatic rings. The topological polar surface area (TPSA) is 85.4 Å². The molecule has 1 aliphatic rings. The third-order valence-corrected chi connectivity index (χ3v) is 6.91. The molecule has 6 nitrogen and oxygen atoms in total. The number of ketones is 2. The van der Waals surface area contributed by atoms with Crippen molar-refractivity contribution in [3.63, 3.8) is 0 Å². The Hall–Kier alpha value is -4.23. The van der Waals surface area contributed by atoms with Gasteiger partial charge in [-0.15, -0.1) is 0 Å². The maximum absolute atomic E-state index is 14.7. The zero-order valence-corrected chi connectivity index (χ0v) is 21.0. The molecular weight excluding hydrogens is 481 g/mol. The maximum Gasteiger partial charge on any atom is 0.183 e. The molecule has 0 radical (unpaired) electrons. The monoisotopic (exact) mass is 511 g/mol. The van der Waals surface area contributed by atoms with Crippen LogP contribution in [0, 0.1) is 5.82 Å². The second kappa shape index (κ2) is 11.4. The molecule has 1 saturated heterocycles. The van der Waals surface area contributed by atoms with Gasteiger partial charge >= 0.3 is 0 Å². The molecular formula is C31H30FN3O3. The van der Waals surface area contributed by atoms with Crippen molar-refractivity contribution in [1.82, 2.24) is 4.98 Å². The number of halogens is 1. The van der Waals surface area contributed by atoms with E-state index in [0.717, 1.165) is 37.2 Å². The lowest BCUT2D eigenvalue weighted by atomic mass is 10.0. The van der Waals surface area contributed by atoms with Gasteiger partial charge in [0.05, 0.1) is 17.5 Å². The molecule has 5 rings (SSSR count). The van der Waals surface area contributed by atoms with Crippen LogP contribution < -0.4 is 10.2 Å². The van der Waals surface area contributed by atoms with Crippen LogP contribution >= 0.6 is 0 Å². The third-order valence-electron chi connectivity index (χ3n) is 6.91. The summed E-state index contributed by atoms with van der Waals surface area (Å²) in [7, 11) is 0. The summed E-state index contributed by atoms with van der Waals surface area (Å²) in [6.07, 6.45) is 3.38. The summed E-state index contributed by atoms with van der Waals surface area (Å²) < 4.78 is 14.7. The van der Waals surface area contributed by atoms with E-state index in [4.69, 9.17) is 0 Å². The zero-order chi connectivity index (χ0) is 26.5. The van der Waals surface area contributed by atoms with Crippen LogP contribution in [0.4, 0.5) is 21.5 Å². The molecule has 0 aliphatic carbocycles. The van der Waals surface area contributed by atoms with Crippen molar-refractivity contribution in [1.29, 1.82) is 0 Å². The number of aromatic nitrogens is 1. The largest absolute Gasteiger partial charge is 0.393 e. The summed E-state index contributed by atoms with van der Waals surface area (Å²) in [6.45, 7) is 1.63. The van der Waals surface area contributed by atoms with Gasteiger partial charge in [-0.1, -0.05) is 18.2 Å². The Morgan fingerprint density at radius 3 is 2.24 bits per heavy atom. The molecule has 2 heterocycles. The minimum absolute atomic E-state index is 0.0295. The molecule has 1 aromatic heterocycles. The van der Waals surface area contributed by atoms with E-state index in [1.54, 1.807) is 30.5 Å². The van der Waals surface area contributed by atoms with Crippen LogP contribution in [0.3, 0.4) is 0 Å². The summed E-state index contributed by atoms with van der Waals surface area (Å²) in [5, 5.41) is 12.8. The Bertz CT molecular complexity index is 1390. The number of rotatable bonds is 9. The van der Waals surface area contributed by atoms with E-state index < -0.39 is 5.82 Å². The van der Waals surface area contributed by atoms with Gasteiger partial charge in [-0.25, -0.2) is 4.39 Å². The minimum Gasteiger partial charge on any atom is -0.393 e. The van der Waals surface area contributed by atoms with Crippen molar-refractivity contribution < 1.29 is 19.1 Å². The lowest BCUT2D eigenvalue weighted by molar-refractivity contribution is 0.0982. The Labute approximate surface area is 221 Å². The number of Topliss-reactive ketones (excluding diaryl/α,β-unsaturated/α-hetero) is 2. The van der Waals surface area contributed by atoms with Gasteiger partial charge in [0.1, 0.15) is 5.82 Å². The van der Waals surface area contributed by atoms with Crippen LogP contribution in [0.15, 0.2) is 85.1 Å². The van der Waals surface area contributed by atoms with Crippen molar-refractivity contribution in [3.05, 3.63) is 113 Å². The molecule has 1 fully saturated rings. The van der Waals surface area contributed by atoms with Gasteiger partial charge in [-0.3, -0.25) is 9.59 Å². The van der Waals surface area contributed by atoms with Gasteiger partial charge in [0.15, 0.2) is 11.6 Å². The highest BCUT2D eigenvalue weighted by Gasteiger charge is 2.17. The van der Waals surface area contributed by atoms with Crippen molar-refractivity contribution >= 4 is 28.6 Å². The molecule has 3 aromatic carbocycles. The highest BCUT2D eigenvalue weighted by Crippen LogP contribution is 2.24. The number of carbonyl (C=O) groups is 2. The van der Waals surface area contributed by atoms with Crippen LogP contribution in [0.2, 0.25) is 0 Å². The van der Waals surface area contributed by atoms with E-state index in [2.05, 4.69) is 15.2 Å². The van der Waals surface area contributed by atoms with E-state index in [0.29, 0.717) is 28.2 Å². The number of piperidine rings is 1. The van der Waals surface area contributed by atoms with E-state index >= 15 is 0 Å². The van der Waals surface area contributed by atoms with Gasteiger partial charge < -0.3 is 20.3 Å². The van der Waals surface area contributed by atoms with Crippen LogP contribution in [-0.2, 0) is 12.8 Å². The average Bonchev–Trinajstić information content (AvgIpc) is 3.47. The number of benzene rings is 3. The van der Waals surface area contributed by atoms with E-state index in [1.807, 2.05) is 48.5 Å². The number of anilines is 3. The predicted octanol–water partition coefficient (Wildman–Crippen LogP) is 5.71. The summed E-state index contributed by atoms with van der Waals surface area (Å²) in [5.74, 6) is -0.508. The van der Waals surface area contributed by atoms with Gasteiger partial charge in [-0.2, -0.15) is 0 Å². The smallest absolute Gasteiger partial charge is 0.183 e. The SMILES string of the molecule is O=C(Cc1ccc(Nc2ccc(CC(=O)c3ccc[nH]3)cc2F)cc1)c1ccc(N2CCC(O)CC2)cc1. The minimum atomic E-state index is -0.440. The number of hydrogen-bond acceptors (Lipinski definition) is 5. The standard InChI is InChI=1S/C31H30FN3O3/c32-27-18-22(20-31(38)29-2-1-15-33-29)5-12-28(27)34-24-8-3-21(4-9-24)19-30(37)23-6-10-25(11-7-23)35-16-13-26(36)14-17-35/h1-12,15,18,26,33-34,36H,13-14,16-17,19-20H2. The molecule has 0 amide bonds. The van der Waals surface area contributed by atoms with Crippen LogP contribution in [0.1, 0.15) is 44.8 Å². The Morgan fingerprint density at radius 2 is 1.58 bits per heavy atom. The molecule has 0 saturated carbocycles. The third kappa shape index (κ3) is 6.18. The number of aromatic amines is 1. The van der Waals surface area contributed by atoms with Crippen molar-refractivity contribution in [3.8, 4) is 0 Å². The predicted molar refractivity (Wildman–Crippen MR) is 147 cm³/mol. The number of carbonyl (C=O) groups excluding carboxylic acids is 2. The van der Waals surface area contributed by atoms with Gasteiger partial charge in [-0.05, 0) is 84.6 Å².